The summed E-state index contributed by atoms with van der Waals surface area (Å²) in [6.07, 6.45) is 9.90. The van der Waals surface area contributed by atoms with E-state index in [-0.39, 0.29) is 5.78 Å². The number of carbonyl (C=O) groups is 1. The predicted molar refractivity (Wildman–Crippen MR) is 77.4 cm³/mol. The second-order valence-electron chi connectivity index (χ2n) is 5.20. The van der Waals surface area contributed by atoms with E-state index in [4.69, 9.17) is 0 Å². The zero-order valence-electron chi connectivity index (χ0n) is 12.1. The smallest absolute Gasteiger partial charge is 0.206 e. The lowest BCUT2D eigenvalue weighted by Gasteiger charge is -2.11. The van der Waals surface area contributed by atoms with Crippen LogP contribution in [0.3, 0.4) is 0 Å². The number of allylic oxidation sites excluding steroid dienone is 2. The maximum atomic E-state index is 12.6. The van der Waals surface area contributed by atoms with E-state index in [1.165, 1.54) is 19.3 Å². The highest BCUT2D eigenvalue weighted by Gasteiger charge is 2.18. The third-order valence-corrected chi connectivity index (χ3v) is 3.81. The average molecular weight is 260 g/mol. The molecule has 0 unspecified atom stereocenters. The highest BCUT2D eigenvalue weighted by Crippen LogP contribution is 2.21. The third-order valence-electron chi connectivity index (χ3n) is 3.81. The fraction of sp³-hybridized carbons (Fsp3) is 0.625. The van der Waals surface area contributed by atoms with Crippen molar-refractivity contribution in [3.05, 3.63) is 29.1 Å². The summed E-state index contributed by atoms with van der Waals surface area (Å²) in [5, 5.41) is 4.47. The van der Waals surface area contributed by atoms with Crippen LogP contribution in [0.5, 0.6) is 0 Å². The molecule has 0 aromatic carbocycles. The van der Waals surface area contributed by atoms with Crippen molar-refractivity contribution in [2.75, 3.05) is 0 Å². The normalized spacial score (nSPS) is 19.4. The van der Waals surface area contributed by atoms with Crippen LogP contribution in [0.4, 0.5) is 0 Å². The van der Waals surface area contributed by atoms with Gasteiger partial charge in [-0.15, -0.1) is 0 Å². The number of Topliss-reactive ketones (excluding diaryl/α,β-unsaturated/α-hetero) is 1. The van der Waals surface area contributed by atoms with Crippen LogP contribution >= 0.6 is 0 Å². The first-order chi connectivity index (χ1) is 9.26. The van der Waals surface area contributed by atoms with Crippen LogP contribution in [0.1, 0.15) is 68.6 Å². The van der Waals surface area contributed by atoms with Crippen molar-refractivity contribution in [3.8, 4) is 0 Å². The fourth-order valence-corrected chi connectivity index (χ4v) is 2.63. The summed E-state index contributed by atoms with van der Waals surface area (Å²) >= 11 is 0. The molecule has 104 valence electrons. The molecular formula is C16H24N2O. The molecule has 19 heavy (non-hydrogen) atoms. The summed E-state index contributed by atoms with van der Waals surface area (Å²) in [5.74, 6) is 0.191. The maximum Gasteiger partial charge on any atom is 0.206 e. The van der Waals surface area contributed by atoms with Gasteiger partial charge in [-0.25, -0.2) is 0 Å². The molecule has 1 aliphatic carbocycles. The summed E-state index contributed by atoms with van der Waals surface area (Å²) in [6.45, 7) is 4.87. The minimum atomic E-state index is 0.191. The van der Waals surface area contributed by atoms with Gasteiger partial charge in [0.1, 0.15) is 5.69 Å². The molecule has 1 aromatic heterocycles. The number of hydrogen-bond acceptors (Lipinski definition) is 2. The summed E-state index contributed by atoms with van der Waals surface area (Å²) < 4.78 is 1.85. The Morgan fingerprint density at radius 2 is 2.05 bits per heavy atom. The van der Waals surface area contributed by atoms with Crippen LogP contribution in [0, 0.1) is 0 Å². The Kier molecular flexibility index (Phi) is 4.94. The maximum absolute atomic E-state index is 12.6. The van der Waals surface area contributed by atoms with Crippen LogP contribution in [0.2, 0.25) is 0 Å². The summed E-state index contributed by atoms with van der Waals surface area (Å²) in [5.41, 5.74) is 2.78. The Morgan fingerprint density at radius 1 is 1.26 bits per heavy atom. The Balaban J connectivity index is 2.24. The molecule has 0 fully saturated rings. The van der Waals surface area contributed by atoms with Crippen LogP contribution in [0.15, 0.2) is 17.7 Å². The van der Waals surface area contributed by atoms with E-state index >= 15 is 0 Å². The molecule has 3 heteroatoms. The van der Waals surface area contributed by atoms with Gasteiger partial charge in [-0.05, 0) is 50.7 Å². The summed E-state index contributed by atoms with van der Waals surface area (Å²) in [7, 11) is 0. The molecule has 1 heterocycles. The molecule has 0 saturated heterocycles. The van der Waals surface area contributed by atoms with E-state index in [1.807, 2.05) is 17.7 Å². The molecule has 1 aliphatic rings. The number of rotatable bonds is 4. The van der Waals surface area contributed by atoms with Crippen LogP contribution in [-0.4, -0.2) is 15.6 Å². The molecule has 2 rings (SSSR count). The van der Waals surface area contributed by atoms with E-state index in [2.05, 4.69) is 18.1 Å². The van der Waals surface area contributed by atoms with Crippen molar-refractivity contribution in [3.63, 3.8) is 0 Å². The molecule has 0 saturated carbocycles. The van der Waals surface area contributed by atoms with Crippen molar-refractivity contribution in [1.29, 1.82) is 0 Å². The lowest BCUT2D eigenvalue weighted by atomic mass is 9.96. The lowest BCUT2D eigenvalue weighted by Crippen LogP contribution is -2.12. The number of carbonyl (C=O) groups excluding carboxylic acids is 1. The third kappa shape index (κ3) is 3.34. The van der Waals surface area contributed by atoms with Gasteiger partial charge in [0.05, 0.1) is 5.69 Å². The van der Waals surface area contributed by atoms with Gasteiger partial charge in [-0.2, -0.15) is 5.10 Å². The highest BCUT2D eigenvalue weighted by molar-refractivity contribution is 6.07. The highest BCUT2D eigenvalue weighted by atomic mass is 16.1. The molecule has 0 spiro atoms. The molecule has 0 bridgehead atoms. The monoisotopic (exact) mass is 260 g/mol. The van der Waals surface area contributed by atoms with Gasteiger partial charge in [0.15, 0.2) is 0 Å². The fourth-order valence-electron chi connectivity index (χ4n) is 2.63. The predicted octanol–water partition coefficient (Wildman–Crippen LogP) is 3.93. The first kappa shape index (κ1) is 14.0. The molecule has 0 radical (unpaired) electrons. The number of ketones is 1. The topological polar surface area (TPSA) is 34.9 Å². The standard InChI is InChI=1S/C16H24N2O/c1-3-14-12-15(18(4-2)17-14)16(19)13-10-8-6-5-7-9-11-13/h10,12H,3-9,11H2,1-2H3/b13-10+. The van der Waals surface area contributed by atoms with Crippen molar-refractivity contribution in [2.24, 2.45) is 0 Å². The van der Waals surface area contributed by atoms with Crippen molar-refractivity contribution in [2.45, 2.75) is 65.3 Å². The Hall–Kier alpha value is -1.38. The molecule has 3 nitrogen and oxygen atoms in total. The minimum Gasteiger partial charge on any atom is -0.287 e. The molecule has 0 amide bonds. The van der Waals surface area contributed by atoms with Gasteiger partial charge < -0.3 is 0 Å². The molecule has 0 atom stereocenters. The van der Waals surface area contributed by atoms with Crippen LogP contribution < -0.4 is 0 Å². The van der Waals surface area contributed by atoms with Gasteiger partial charge >= 0.3 is 0 Å². The number of aryl methyl sites for hydroxylation is 2. The number of nitrogens with zero attached hydrogens (tertiary/aromatic N) is 2. The van der Waals surface area contributed by atoms with Crippen LogP contribution in [-0.2, 0) is 13.0 Å². The Morgan fingerprint density at radius 3 is 2.79 bits per heavy atom. The van der Waals surface area contributed by atoms with Crippen molar-refractivity contribution in [1.82, 2.24) is 9.78 Å². The second kappa shape index (κ2) is 6.69. The number of aromatic nitrogens is 2. The number of hydrogen-bond donors (Lipinski definition) is 0. The quantitative estimate of drug-likeness (QED) is 0.769. The van der Waals surface area contributed by atoms with Crippen molar-refractivity contribution >= 4 is 5.78 Å². The minimum absolute atomic E-state index is 0.191. The van der Waals surface area contributed by atoms with E-state index in [0.29, 0.717) is 0 Å². The van der Waals surface area contributed by atoms with Crippen molar-refractivity contribution < 1.29 is 4.79 Å². The zero-order chi connectivity index (χ0) is 13.7. The van der Waals surface area contributed by atoms with E-state index in [1.54, 1.807) is 0 Å². The Bertz CT molecular complexity index is 471. The first-order valence-electron chi connectivity index (χ1n) is 7.56. The SMILES string of the molecule is CCc1cc(C(=O)/C2=C/CCCCCC2)n(CC)n1. The van der Waals surface area contributed by atoms with E-state index in [9.17, 15) is 4.79 Å². The van der Waals surface area contributed by atoms with Gasteiger partial charge in [0.2, 0.25) is 5.78 Å². The van der Waals surface area contributed by atoms with Gasteiger partial charge in [0.25, 0.3) is 0 Å². The molecule has 0 aliphatic heterocycles. The Labute approximate surface area is 115 Å². The second-order valence-corrected chi connectivity index (χ2v) is 5.20. The average Bonchev–Trinajstić information content (AvgIpc) is 2.81. The molecular weight excluding hydrogens is 236 g/mol. The summed E-state index contributed by atoms with van der Waals surface area (Å²) in [6, 6.07) is 1.96. The van der Waals surface area contributed by atoms with Crippen LogP contribution in [0.25, 0.3) is 0 Å². The van der Waals surface area contributed by atoms with Gasteiger partial charge in [0, 0.05) is 6.54 Å². The molecule has 1 aromatic rings. The van der Waals surface area contributed by atoms with Gasteiger partial charge in [-0.3, -0.25) is 9.48 Å². The lowest BCUT2D eigenvalue weighted by molar-refractivity contribution is 0.101. The van der Waals surface area contributed by atoms with E-state index in [0.717, 1.165) is 49.2 Å². The zero-order valence-corrected chi connectivity index (χ0v) is 12.1. The van der Waals surface area contributed by atoms with E-state index < -0.39 is 0 Å². The first-order valence-corrected chi connectivity index (χ1v) is 7.56. The summed E-state index contributed by atoms with van der Waals surface area (Å²) in [4.78, 5) is 12.6. The largest absolute Gasteiger partial charge is 0.287 e. The molecule has 0 N–H and O–H groups in total. The van der Waals surface area contributed by atoms with Gasteiger partial charge in [-0.1, -0.05) is 25.8 Å².